The van der Waals surface area contributed by atoms with Gasteiger partial charge in [-0.25, -0.2) is 4.39 Å². The fourth-order valence-corrected chi connectivity index (χ4v) is 2.36. The molecule has 2 aromatic carbocycles. The molecule has 162 valence electrons. The molecular formula is C27H37FN2. The van der Waals surface area contributed by atoms with Gasteiger partial charge in [-0.1, -0.05) is 70.5 Å². The first-order valence-corrected chi connectivity index (χ1v) is 10.3. The van der Waals surface area contributed by atoms with Crippen LogP contribution < -0.4 is 5.32 Å². The lowest BCUT2D eigenvalue weighted by Gasteiger charge is -2.08. The van der Waals surface area contributed by atoms with Crippen molar-refractivity contribution in [1.29, 1.82) is 5.26 Å². The van der Waals surface area contributed by atoms with Crippen molar-refractivity contribution in [2.75, 3.05) is 7.05 Å². The molecule has 0 unspecified atom stereocenters. The molecule has 0 aromatic heterocycles. The highest BCUT2D eigenvalue weighted by Crippen LogP contribution is 2.21. The molecular weight excluding hydrogens is 371 g/mol. The Morgan fingerprint density at radius 3 is 2.00 bits per heavy atom. The quantitative estimate of drug-likeness (QED) is 0.316. The van der Waals surface area contributed by atoms with Crippen LogP contribution >= 0.6 is 0 Å². The lowest BCUT2D eigenvalue weighted by Crippen LogP contribution is -2.05. The number of nitriles is 1. The molecule has 0 saturated heterocycles. The van der Waals surface area contributed by atoms with Crippen LogP contribution in [0, 0.1) is 24.1 Å². The van der Waals surface area contributed by atoms with Gasteiger partial charge < -0.3 is 5.32 Å². The van der Waals surface area contributed by atoms with E-state index in [1.165, 1.54) is 18.6 Å². The van der Waals surface area contributed by atoms with Crippen molar-refractivity contribution in [3.05, 3.63) is 89.4 Å². The molecule has 0 heterocycles. The minimum Gasteiger partial charge on any atom is -0.379 e. The van der Waals surface area contributed by atoms with Crippen LogP contribution in [0.1, 0.15) is 63.3 Å². The summed E-state index contributed by atoms with van der Waals surface area (Å²) >= 11 is 0. The second kappa shape index (κ2) is 17.9. The van der Waals surface area contributed by atoms with Crippen molar-refractivity contribution in [3.63, 3.8) is 0 Å². The molecule has 0 aliphatic heterocycles. The van der Waals surface area contributed by atoms with E-state index in [1.807, 2.05) is 45.9 Å². The third kappa shape index (κ3) is 11.0. The second-order valence-electron chi connectivity index (χ2n) is 6.09. The first-order chi connectivity index (χ1) is 14.4. The lowest BCUT2D eigenvalue weighted by atomic mass is 9.99. The summed E-state index contributed by atoms with van der Waals surface area (Å²) in [5.41, 5.74) is 5.58. The van der Waals surface area contributed by atoms with E-state index in [1.54, 1.807) is 19.2 Å². The average molecular weight is 409 g/mol. The number of nitrogens with one attached hydrogen (secondary N) is 1. The van der Waals surface area contributed by atoms with Gasteiger partial charge in [-0.15, -0.1) is 13.2 Å². The Bertz CT molecular complexity index is 825. The Morgan fingerprint density at radius 2 is 1.53 bits per heavy atom. The maximum Gasteiger partial charge on any atom is 0.123 e. The summed E-state index contributed by atoms with van der Waals surface area (Å²) in [6.45, 7) is 18.2. The van der Waals surface area contributed by atoms with Gasteiger partial charge in [0.1, 0.15) is 17.6 Å². The zero-order chi connectivity index (χ0) is 23.5. The molecule has 0 fully saturated rings. The average Bonchev–Trinajstić information content (AvgIpc) is 2.77. The van der Waals surface area contributed by atoms with E-state index in [2.05, 4.69) is 50.5 Å². The van der Waals surface area contributed by atoms with Gasteiger partial charge in [-0.2, -0.15) is 5.26 Å². The Labute approximate surface area is 183 Å². The largest absolute Gasteiger partial charge is 0.379 e. The van der Waals surface area contributed by atoms with Gasteiger partial charge in [0.15, 0.2) is 0 Å². The van der Waals surface area contributed by atoms with E-state index < -0.39 is 0 Å². The Morgan fingerprint density at radius 1 is 1.03 bits per heavy atom. The van der Waals surface area contributed by atoms with Gasteiger partial charge in [-0.05, 0) is 59.9 Å². The molecule has 2 rings (SSSR count). The number of hydrogen-bond donors (Lipinski definition) is 1. The van der Waals surface area contributed by atoms with E-state index in [-0.39, 0.29) is 5.82 Å². The van der Waals surface area contributed by atoms with Crippen molar-refractivity contribution in [3.8, 4) is 6.07 Å². The van der Waals surface area contributed by atoms with Crippen molar-refractivity contribution in [2.24, 2.45) is 0 Å². The number of benzene rings is 2. The summed E-state index contributed by atoms with van der Waals surface area (Å²) in [5, 5.41) is 12.1. The number of aryl methyl sites for hydroxylation is 1. The van der Waals surface area contributed by atoms with E-state index >= 15 is 0 Å². The highest BCUT2D eigenvalue weighted by molar-refractivity contribution is 5.75. The van der Waals surface area contributed by atoms with Crippen LogP contribution in [0.5, 0.6) is 0 Å². The molecule has 0 atom stereocenters. The maximum atomic E-state index is 12.9. The minimum atomic E-state index is -0.239. The van der Waals surface area contributed by atoms with E-state index in [0.29, 0.717) is 5.70 Å². The molecule has 3 heteroatoms. The molecule has 1 N–H and O–H groups in total. The van der Waals surface area contributed by atoms with Crippen LogP contribution in [0.2, 0.25) is 0 Å². The van der Waals surface area contributed by atoms with Crippen molar-refractivity contribution in [1.82, 2.24) is 5.32 Å². The summed E-state index contributed by atoms with van der Waals surface area (Å²) < 4.78 is 12.9. The molecule has 0 saturated carbocycles. The van der Waals surface area contributed by atoms with Crippen LogP contribution in [0.4, 0.5) is 4.39 Å². The molecule has 0 aliphatic rings. The zero-order valence-corrected chi connectivity index (χ0v) is 19.6. The Hall–Kier alpha value is -3.12. The number of nitrogens with zero attached hydrogens (tertiary/aromatic N) is 1. The van der Waals surface area contributed by atoms with Crippen molar-refractivity contribution >= 4 is 17.7 Å². The highest BCUT2D eigenvalue weighted by atomic mass is 19.1. The first kappa shape index (κ1) is 29.1. The standard InChI is InChI=1S/C20H19FN2.C3H8.C2H6.C2H4/c1-14-10-17(5-4-16-6-8-19(21)9-7-16)12-18(11-14)15(2)20(13-22)23-3;1-3-2;2*1-2/h4-12,23H,1-3H3;3H2,1-2H3;1-2H3;1-2H2/b5-4+,20-15+;;;. The number of hydrogen-bond acceptors (Lipinski definition) is 2. The normalized spacial score (nSPS) is 10.1. The summed E-state index contributed by atoms with van der Waals surface area (Å²) in [4.78, 5) is 0. The molecule has 2 aromatic rings. The van der Waals surface area contributed by atoms with Crippen molar-refractivity contribution < 1.29 is 4.39 Å². The predicted octanol–water partition coefficient (Wildman–Crippen LogP) is 8.02. The molecule has 30 heavy (non-hydrogen) atoms. The molecule has 0 spiro atoms. The maximum absolute atomic E-state index is 12.9. The van der Waals surface area contributed by atoms with Crippen LogP contribution in [-0.2, 0) is 0 Å². The third-order valence-electron chi connectivity index (χ3n) is 3.61. The summed E-state index contributed by atoms with van der Waals surface area (Å²) in [6, 6.07) is 14.7. The van der Waals surface area contributed by atoms with E-state index in [0.717, 1.165) is 27.8 Å². The van der Waals surface area contributed by atoms with Crippen LogP contribution in [-0.4, -0.2) is 7.05 Å². The van der Waals surface area contributed by atoms with Crippen LogP contribution in [0.15, 0.2) is 61.3 Å². The summed E-state index contributed by atoms with van der Waals surface area (Å²) in [5.74, 6) is -0.239. The highest BCUT2D eigenvalue weighted by Gasteiger charge is 2.04. The van der Waals surface area contributed by atoms with E-state index in [9.17, 15) is 4.39 Å². The molecule has 0 amide bonds. The van der Waals surface area contributed by atoms with Gasteiger partial charge in [0.05, 0.1) is 0 Å². The van der Waals surface area contributed by atoms with Gasteiger partial charge in [-0.3, -0.25) is 0 Å². The van der Waals surface area contributed by atoms with Gasteiger partial charge >= 0.3 is 0 Å². The van der Waals surface area contributed by atoms with Crippen LogP contribution in [0.25, 0.3) is 17.7 Å². The van der Waals surface area contributed by atoms with E-state index in [4.69, 9.17) is 5.26 Å². The van der Waals surface area contributed by atoms with Crippen molar-refractivity contribution in [2.45, 2.75) is 48.0 Å². The monoisotopic (exact) mass is 408 g/mol. The Balaban J connectivity index is 0. The Kier molecular flexibility index (Phi) is 17.4. The van der Waals surface area contributed by atoms with Gasteiger partial charge in [0.2, 0.25) is 0 Å². The smallest absolute Gasteiger partial charge is 0.123 e. The summed E-state index contributed by atoms with van der Waals surface area (Å²) in [6.07, 6.45) is 5.18. The van der Waals surface area contributed by atoms with Crippen LogP contribution in [0.3, 0.4) is 0 Å². The number of halogens is 1. The molecule has 0 aliphatic carbocycles. The van der Waals surface area contributed by atoms with Gasteiger partial charge in [0, 0.05) is 7.05 Å². The minimum absolute atomic E-state index is 0.239. The summed E-state index contributed by atoms with van der Waals surface area (Å²) in [7, 11) is 1.74. The topological polar surface area (TPSA) is 35.8 Å². The fraction of sp³-hybridized carbons (Fsp3) is 0.296. The lowest BCUT2D eigenvalue weighted by molar-refractivity contribution is 0.628. The molecule has 2 nitrogen and oxygen atoms in total. The molecule has 0 radical (unpaired) electrons. The number of rotatable bonds is 4. The first-order valence-electron chi connectivity index (χ1n) is 10.3. The SMILES string of the molecule is C=C.CC.CCC.CN/C(C#N)=C(\C)c1cc(C)cc(/C=C/c2ccc(F)cc2)c1. The number of allylic oxidation sites excluding steroid dienone is 2. The fourth-order valence-electron chi connectivity index (χ4n) is 2.36. The molecule has 0 bridgehead atoms. The second-order valence-corrected chi connectivity index (χ2v) is 6.09. The van der Waals surface area contributed by atoms with Gasteiger partial charge in [0.25, 0.3) is 0 Å². The zero-order valence-electron chi connectivity index (χ0n) is 19.6. The predicted molar refractivity (Wildman–Crippen MR) is 132 cm³/mol. The third-order valence-corrected chi connectivity index (χ3v) is 3.61.